The van der Waals surface area contributed by atoms with Gasteiger partial charge in [-0.25, -0.2) is 4.68 Å². The molecule has 86 valence electrons. The molecule has 0 aliphatic heterocycles. The van der Waals surface area contributed by atoms with Crippen LogP contribution >= 0.6 is 0 Å². The lowest BCUT2D eigenvalue weighted by Crippen LogP contribution is -2.24. The molecule has 0 aliphatic carbocycles. The van der Waals surface area contributed by atoms with E-state index < -0.39 is 0 Å². The van der Waals surface area contributed by atoms with Crippen LogP contribution in [0.4, 0.5) is 0 Å². The Hall–Kier alpha value is -2.05. The van der Waals surface area contributed by atoms with Crippen LogP contribution < -0.4 is 5.32 Å². The van der Waals surface area contributed by atoms with E-state index in [9.17, 15) is 0 Å². The third kappa shape index (κ3) is 2.74. The minimum atomic E-state index is 0.0701. The van der Waals surface area contributed by atoms with E-state index >= 15 is 0 Å². The quantitative estimate of drug-likeness (QED) is 0.806. The topological polar surface area (TPSA) is 29.9 Å². The second-order valence-corrected chi connectivity index (χ2v) is 3.85. The molecular weight excluding hydrogens is 210 g/mol. The first kappa shape index (κ1) is 11.4. The molecule has 0 spiro atoms. The number of aromatic nitrogens is 2. The fourth-order valence-electron chi connectivity index (χ4n) is 1.62. The van der Waals surface area contributed by atoms with Crippen molar-refractivity contribution < 1.29 is 0 Å². The molecule has 3 nitrogen and oxygen atoms in total. The van der Waals surface area contributed by atoms with Gasteiger partial charge in [0.2, 0.25) is 0 Å². The molecule has 0 saturated heterocycles. The van der Waals surface area contributed by atoms with E-state index in [1.807, 2.05) is 42.1 Å². The van der Waals surface area contributed by atoms with Crippen molar-refractivity contribution in [2.45, 2.75) is 19.5 Å². The number of rotatable bonds is 4. The summed E-state index contributed by atoms with van der Waals surface area (Å²) < 4.78 is 1.86. The van der Waals surface area contributed by atoms with E-state index in [2.05, 4.69) is 22.4 Å². The molecule has 1 N–H and O–H groups in total. The SMILES string of the molecule is C#CC(C)NCc1ccccc1-n1cccn1. The van der Waals surface area contributed by atoms with Gasteiger partial charge in [-0.3, -0.25) is 5.32 Å². The van der Waals surface area contributed by atoms with Crippen LogP contribution in [0.25, 0.3) is 5.69 Å². The summed E-state index contributed by atoms with van der Waals surface area (Å²) in [7, 11) is 0. The van der Waals surface area contributed by atoms with Crippen LogP contribution in [-0.4, -0.2) is 15.8 Å². The predicted molar refractivity (Wildman–Crippen MR) is 68.7 cm³/mol. The first-order chi connectivity index (χ1) is 8.31. The molecule has 1 unspecified atom stereocenters. The number of hydrogen-bond donors (Lipinski definition) is 1. The summed E-state index contributed by atoms with van der Waals surface area (Å²) >= 11 is 0. The average molecular weight is 225 g/mol. The Morgan fingerprint density at radius 3 is 2.94 bits per heavy atom. The molecule has 0 saturated carbocycles. The molecule has 0 bridgehead atoms. The monoisotopic (exact) mass is 225 g/mol. The maximum Gasteiger partial charge on any atom is 0.0690 e. The van der Waals surface area contributed by atoms with E-state index in [4.69, 9.17) is 6.42 Å². The summed E-state index contributed by atoms with van der Waals surface area (Å²) in [5.74, 6) is 2.66. The fraction of sp³-hybridized carbons (Fsp3) is 0.214. The molecule has 0 amide bonds. The van der Waals surface area contributed by atoms with Crippen molar-refractivity contribution in [3.05, 3.63) is 48.3 Å². The van der Waals surface area contributed by atoms with Gasteiger partial charge in [0.25, 0.3) is 0 Å². The molecule has 1 heterocycles. The number of nitrogens with zero attached hydrogens (tertiary/aromatic N) is 2. The van der Waals surface area contributed by atoms with E-state index in [1.54, 1.807) is 6.20 Å². The number of para-hydroxylation sites is 1. The largest absolute Gasteiger partial charge is 0.300 e. The zero-order valence-corrected chi connectivity index (χ0v) is 9.80. The average Bonchev–Trinajstić information content (AvgIpc) is 2.90. The van der Waals surface area contributed by atoms with Crippen molar-refractivity contribution in [1.82, 2.24) is 15.1 Å². The summed E-state index contributed by atoms with van der Waals surface area (Å²) in [6.45, 7) is 2.71. The molecule has 1 aromatic heterocycles. The molecule has 0 aliphatic rings. The highest BCUT2D eigenvalue weighted by atomic mass is 15.3. The van der Waals surface area contributed by atoms with Gasteiger partial charge in [0.15, 0.2) is 0 Å². The lowest BCUT2D eigenvalue weighted by molar-refractivity contribution is 0.644. The molecule has 3 heteroatoms. The first-order valence-corrected chi connectivity index (χ1v) is 5.58. The maximum absolute atomic E-state index is 5.34. The van der Waals surface area contributed by atoms with E-state index in [1.165, 1.54) is 5.56 Å². The van der Waals surface area contributed by atoms with Crippen molar-refractivity contribution in [2.75, 3.05) is 0 Å². The third-order valence-electron chi connectivity index (χ3n) is 2.59. The Kier molecular flexibility index (Phi) is 3.59. The standard InChI is InChI=1S/C14H15N3/c1-3-12(2)15-11-13-7-4-5-8-14(13)17-10-6-9-16-17/h1,4-10,12,15H,11H2,2H3. The predicted octanol–water partition coefficient (Wildman–Crippen LogP) is 1.98. The van der Waals surface area contributed by atoms with Crippen LogP contribution in [0.3, 0.4) is 0 Å². The molecule has 1 atom stereocenters. The van der Waals surface area contributed by atoms with E-state index in [0.29, 0.717) is 0 Å². The van der Waals surface area contributed by atoms with Gasteiger partial charge >= 0.3 is 0 Å². The molecule has 17 heavy (non-hydrogen) atoms. The molecule has 2 rings (SSSR count). The van der Waals surface area contributed by atoms with Gasteiger partial charge in [-0.2, -0.15) is 5.10 Å². The summed E-state index contributed by atoms with van der Waals surface area (Å²) in [5.41, 5.74) is 2.26. The molecule has 2 aromatic rings. The van der Waals surface area contributed by atoms with Crippen LogP contribution in [0, 0.1) is 12.3 Å². The molecule has 0 fully saturated rings. The van der Waals surface area contributed by atoms with Gasteiger partial charge in [0, 0.05) is 18.9 Å². The van der Waals surface area contributed by atoms with Gasteiger partial charge in [0.1, 0.15) is 0 Å². The highest BCUT2D eigenvalue weighted by Gasteiger charge is 2.04. The number of terminal acetylenes is 1. The van der Waals surface area contributed by atoms with Crippen molar-refractivity contribution in [1.29, 1.82) is 0 Å². The Labute approximate surface area is 101 Å². The molecular formula is C14H15N3. The third-order valence-corrected chi connectivity index (χ3v) is 2.59. The Bertz CT molecular complexity index is 509. The Morgan fingerprint density at radius 1 is 1.41 bits per heavy atom. The zero-order chi connectivity index (χ0) is 12.1. The summed E-state index contributed by atoms with van der Waals surface area (Å²) in [4.78, 5) is 0. The first-order valence-electron chi connectivity index (χ1n) is 5.58. The summed E-state index contributed by atoms with van der Waals surface area (Å²) in [5, 5.41) is 7.52. The lowest BCUT2D eigenvalue weighted by Gasteiger charge is -2.12. The summed E-state index contributed by atoms with van der Waals surface area (Å²) in [6.07, 6.45) is 9.04. The Morgan fingerprint density at radius 2 is 2.24 bits per heavy atom. The van der Waals surface area contributed by atoms with Crippen LogP contribution in [0.2, 0.25) is 0 Å². The second kappa shape index (κ2) is 5.33. The van der Waals surface area contributed by atoms with Crippen LogP contribution in [-0.2, 0) is 6.54 Å². The zero-order valence-electron chi connectivity index (χ0n) is 9.80. The van der Waals surface area contributed by atoms with Crippen molar-refractivity contribution in [3.8, 4) is 18.0 Å². The second-order valence-electron chi connectivity index (χ2n) is 3.85. The maximum atomic E-state index is 5.34. The smallest absolute Gasteiger partial charge is 0.0690 e. The highest BCUT2D eigenvalue weighted by Crippen LogP contribution is 2.13. The van der Waals surface area contributed by atoms with E-state index in [0.717, 1.165) is 12.2 Å². The minimum absolute atomic E-state index is 0.0701. The van der Waals surface area contributed by atoms with Gasteiger partial charge in [0.05, 0.1) is 11.7 Å². The number of nitrogens with one attached hydrogen (secondary N) is 1. The van der Waals surface area contributed by atoms with Crippen LogP contribution in [0.1, 0.15) is 12.5 Å². The summed E-state index contributed by atoms with van der Waals surface area (Å²) in [6, 6.07) is 10.1. The van der Waals surface area contributed by atoms with Crippen molar-refractivity contribution >= 4 is 0 Å². The molecule has 1 aromatic carbocycles. The Balaban J connectivity index is 2.20. The minimum Gasteiger partial charge on any atom is -0.300 e. The van der Waals surface area contributed by atoms with Gasteiger partial charge in [-0.1, -0.05) is 24.1 Å². The van der Waals surface area contributed by atoms with Crippen molar-refractivity contribution in [3.63, 3.8) is 0 Å². The normalized spacial score (nSPS) is 12.0. The van der Waals surface area contributed by atoms with Gasteiger partial charge in [-0.15, -0.1) is 6.42 Å². The van der Waals surface area contributed by atoms with Gasteiger partial charge in [-0.05, 0) is 24.6 Å². The fourth-order valence-corrected chi connectivity index (χ4v) is 1.62. The molecule has 0 radical (unpaired) electrons. The number of benzene rings is 1. The van der Waals surface area contributed by atoms with Crippen LogP contribution in [0.15, 0.2) is 42.7 Å². The van der Waals surface area contributed by atoms with Crippen LogP contribution in [0.5, 0.6) is 0 Å². The lowest BCUT2D eigenvalue weighted by atomic mass is 10.1. The van der Waals surface area contributed by atoms with Crippen molar-refractivity contribution in [2.24, 2.45) is 0 Å². The van der Waals surface area contributed by atoms with Gasteiger partial charge < -0.3 is 0 Å². The number of hydrogen-bond acceptors (Lipinski definition) is 2. The highest BCUT2D eigenvalue weighted by molar-refractivity contribution is 5.40. The van der Waals surface area contributed by atoms with E-state index in [-0.39, 0.29) is 6.04 Å².